The SMILES string of the molecule is CNC(Cc1cc(C)ccc1C)CC(C)C(C)(C)C. The minimum absolute atomic E-state index is 0.386. The van der Waals surface area contributed by atoms with Crippen molar-refractivity contribution in [3.8, 4) is 0 Å². The predicted molar refractivity (Wildman–Crippen MR) is 85.7 cm³/mol. The van der Waals surface area contributed by atoms with Crippen LogP contribution in [0.2, 0.25) is 0 Å². The molecular weight excluding hydrogens is 230 g/mol. The van der Waals surface area contributed by atoms with Gasteiger partial charge in [0.2, 0.25) is 0 Å². The van der Waals surface area contributed by atoms with E-state index < -0.39 is 0 Å². The standard InChI is InChI=1S/C18H31N/c1-13-8-9-14(2)16(10-13)12-17(19-7)11-15(3)18(4,5)6/h8-10,15,17,19H,11-12H2,1-7H3. The molecule has 1 heteroatoms. The monoisotopic (exact) mass is 261 g/mol. The van der Waals surface area contributed by atoms with E-state index >= 15 is 0 Å². The predicted octanol–water partition coefficient (Wildman–Crippen LogP) is 4.51. The molecule has 0 bridgehead atoms. The first kappa shape index (κ1) is 16.2. The molecule has 0 saturated carbocycles. The molecule has 0 heterocycles. The Bertz CT molecular complexity index is 401. The highest BCUT2D eigenvalue weighted by Crippen LogP contribution is 2.29. The van der Waals surface area contributed by atoms with E-state index in [-0.39, 0.29) is 0 Å². The second-order valence-electron chi connectivity index (χ2n) is 7.12. The van der Waals surface area contributed by atoms with E-state index in [1.807, 2.05) is 0 Å². The summed E-state index contributed by atoms with van der Waals surface area (Å²) in [4.78, 5) is 0. The number of aryl methyl sites for hydroxylation is 2. The first-order chi connectivity index (χ1) is 8.74. The average molecular weight is 261 g/mol. The summed E-state index contributed by atoms with van der Waals surface area (Å²) in [5.74, 6) is 0.718. The van der Waals surface area contributed by atoms with E-state index in [9.17, 15) is 0 Å². The van der Waals surface area contributed by atoms with E-state index in [1.165, 1.54) is 23.1 Å². The summed E-state index contributed by atoms with van der Waals surface area (Å²) in [7, 11) is 2.09. The van der Waals surface area contributed by atoms with Crippen molar-refractivity contribution >= 4 is 0 Å². The summed E-state index contributed by atoms with van der Waals surface area (Å²) >= 11 is 0. The molecule has 19 heavy (non-hydrogen) atoms. The van der Waals surface area contributed by atoms with Crippen molar-refractivity contribution in [3.63, 3.8) is 0 Å². The van der Waals surface area contributed by atoms with Gasteiger partial charge in [-0.05, 0) is 56.2 Å². The van der Waals surface area contributed by atoms with Gasteiger partial charge in [0.05, 0.1) is 0 Å². The van der Waals surface area contributed by atoms with Crippen molar-refractivity contribution in [2.75, 3.05) is 7.05 Å². The van der Waals surface area contributed by atoms with Gasteiger partial charge in [-0.3, -0.25) is 0 Å². The van der Waals surface area contributed by atoms with Crippen LogP contribution in [0.25, 0.3) is 0 Å². The fraction of sp³-hybridized carbons (Fsp3) is 0.667. The normalized spacial score (nSPS) is 15.3. The third kappa shape index (κ3) is 4.99. The molecule has 0 aliphatic carbocycles. The van der Waals surface area contributed by atoms with Crippen LogP contribution in [0.1, 0.15) is 50.8 Å². The molecule has 0 amide bonds. The molecule has 0 fully saturated rings. The zero-order valence-electron chi connectivity index (χ0n) is 13.8. The molecule has 0 saturated heterocycles. The molecule has 1 N–H and O–H groups in total. The summed E-state index contributed by atoms with van der Waals surface area (Å²) in [6, 6.07) is 7.34. The van der Waals surface area contributed by atoms with Gasteiger partial charge in [-0.15, -0.1) is 0 Å². The van der Waals surface area contributed by atoms with Crippen LogP contribution in [-0.2, 0) is 6.42 Å². The fourth-order valence-corrected chi connectivity index (χ4v) is 2.37. The summed E-state index contributed by atoms with van der Waals surface area (Å²) in [5, 5.41) is 3.50. The third-order valence-electron chi connectivity index (χ3n) is 4.50. The Morgan fingerprint density at radius 2 is 1.79 bits per heavy atom. The summed E-state index contributed by atoms with van der Waals surface area (Å²) in [5.41, 5.74) is 4.64. The van der Waals surface area contributed by atoms with Gasteiger partial charge in [-0.25, -0.2) is 0 Å². The number of hydrogen-bond donors (Lipinski definition) is 1. The quantitative estimate of drug-likeness (QED) is 0.822. The number of benzene rings is 1. The second kappa shape index (κ2) is 6.56. The van der Waals surface area contributed by atoms with Gasteiger partial charge in [0.1, 0.15) is 0 Å². The molecule has 0 spiro atoms. The van der Waals surface area contributed by atoms with Crippen LogP contribution in [0.4, 0.5) is 0 Å². The molecule has 1 rings (SSSR count). The lowest BCUT2D eigenvalue weighted by atomic mass is 9.77. The maximum atomic E-state index is 3.50. The lowest BCUT2D eigenvalue weighted by Gasteiger charge is -2.31. The van der Waals surface area contributed by atoms with Crippen LogP contribution in [0.3, 0.4) is 0 Å². The topological polar surface area (TPSA) is 12.0 Å². The van der Waals surface area contributed by atoms with Gasteiger partial charge in [-0.1, -0.05) is 51.5 Å². The van der Waals surface area contributed by atoms with E-state index in [4.69, 9.17) is 0 Å². The second-order valence-corrected chi connectivity index (χ2v) is 7.12. The van der Waals surface area contributed by atoms with Gasteiger partial charge >= 0.3 is 0 Å². The highest BCUT2D eigenvalue weighted by atomic mass is 14.9. The fourth-order valence-electron chi connectivity index (χ4n) is 2.37. The molecular formula is C18H31N. The molecule has 0 aromatic heterocycles. The Morgan fingerprint density at radius 3 is 2.32 bits per heavy atom. The van der Waals surface area contributed by atoms with Crippen LogP contribution < -0.4 is 5.32 Å². The van der Waals surface area contributed by atoms with E-state index in [0.717, 1.165) is 12.3 Å². The van der Waals surface area contributed by atoms with Gasteiger partial charge in [0.25, 0.3) is 0 Å². The zero-order chi connectivity index (χ0) is 14.6. The van der Waals surface area contributed by atoms with Gasteiger partial charge in [0.15, 0.2) is 0 Å². The van der Waals surface area contributed by atoms with Crippen LogP contribution in [-0.4, -0.2) is 13.1 Å². The molecule has 0 aliphatic heterocycles. The van der Waals surface area contributed by atoms with E-state index in [2.05, 4.69) is 72.1 Å². The van der Waals surface area contributed by atoms with Gasteiger partial charge < -0.3 is 5.32 Å². The molecule has 1 aromatic carbocycles. The molecule has 1 aromatic rings. The van der Waals surface area contributed by atoms with Crippen LogP contribution in [0, 0.1) is 25.2 Å². The molecule has 0 aliphatic rings. The lowest BCUT2D eigenvalue weighted by molar-refractivity contribution is 0.225. The van der Waals surface area contributed by atoms with Crippen molar-refractivity contribution in [1.29, 1.82) is 0 Å². The molecule has 108 valence electrons. The minimum Gasteiger partial charge on any atom is -0.317 e. The lowest BCUT2D eigenvalue weighted by Crippen LogP contribution is -2.33. The number of nitrogens with one attached hydrogen (secondary N) is 1. The van der Waals surface area contributed by atoms with E-state index in [0.29, 0.717) is 11.5 Å². The Morgan fingerprint density at radius 1 is 1.16 bits per heavy atom. The number of hydrogen-bond acceptors (Lipinski definition) is 1. The maximum Gasteiger partial charge on any atom is 0.0107 e. The maximum absolute atomic E-state index is 3.50. The van der Waals surface area contributed by atoms with Crippen molar-refractivity contribution in [2.45, 2.75) is 60.4 Å². The number of likely N-dealkylation sites (N-methyl/N-ethyl adjacent to an activating group) is 1. The van der Waals surface area contributed by atoms with Crippen LogP contribution >= 0.6 is 0 Å². The van der Waals surface area contributed by atoms with Gasteiger partial charge in [0, 0.05) is 6.04 Å². The molecule has 0 radical (unpaired) electrons. The zero-order valence-corrected chi connectivity index (χ0v) is 13.8. The van der Waals surface area contributed by atoms with Crippen molar-refractivity contribution in [3.05, 3.63) is 34.9 Å². The molecule has 2 unspecified atom stereocenters. The molecule has 1 nitrogen and oxygen atoms in total. The average Bonchev–Trinajstić information content (AvgIpc) is 2.31. The smallest absolute Gasteiger partial charge is 0.0107 e. The third-order valence-corrected chi connectivity index (χ3v) is 4.50. The Balaban J connectivity index is 2.74. The highest BCUT2D eigenvalue weighted by Gasteiger charge is 2.23. The summed E-state index contributed by atoms with van der Waals surface area (Å²) in [6.07, 6.45) is 2.36. The molecule has 2 atom stereocenters. The van der Waals surface area contributed by atoms with Crippen molar-refractivity contribution < 1.29 is 0 Å². The Kier molecular flexibility index (Phi) is 5.61. The first-order valence-electron chi connectivity index (χ1n) is 7.47. The van der Waals surface area contributed by atoms with E-state index in [1.54, 1.807) is 0 Å². The Labute approximate surface area is 119 Å². The van der Waals surface area contributed by atoms with Crippen molar-refractivity contribution in [1.82, 2.24) is 5.32 Å². The number of rotatable bonds is 5. The van der Waals surface area contributed by atoms with Crippen LogP contribution in [0.5, 0.6) is 0 Å². The van der Waals surface area contributed by atoms with Gasteiger partial charge in [-0.2, -0.15) is 0 Å². The Hall–Kier alpha value is -0.820. The summed E-state index contributed by atoms with van der Waals surface area (Å²) < 4.78 is 0. The summed E-state index contributed by atoms with van der Waals surface area (Å²) in [6.45, 7) is 13.8. The largest absolute Gasteiger partial charge is 0.317 e. The van der Waals surface area contributed by atoms with Crippen LogP contribution in [0.15, 0.2) is 18.2 Å². The minimum atomic E-state index is 0.386. The first-order valence-corrected chi connectivity index (χ1v) is 7.47. The highest BCUT2D eigenvalue weighted by molar-refractivity contribution is 5.31. The van der Waals surface area contributed by atoms with Crippen molar-refractivity contribution in [2.24, 2.45) is 11.3 Å².